The number of methoxy groups -OCH3 is 1. The smallest absolute Gasteiger partial charge is 0.301 e. The summed E-state index contributed by atoms with van der Waals surface area (Å²) in [5, 5.41) is 12.6. The van der Waals surface area contributed by atoms with Crippen LogP contribution < -0.4 is 19.1 Å². The predicted molar refractivity (Wildman–Crippen MR) is 173 cm³/mol. The van der Waals surface area contributed by atoms with Crippen LogP contribution in [0.3, 0.4) is 0 Å². The highest BCUT2D eigenvalue weighted by Crippen LogP contribution is 2.46. The van der Waals surface area contributed by atoms with Crippen molar-refractivity contribution in [3.63, 3.8) is 0 Å². The van der Waals surface area contributed by atoms with Gasteiger partial charge in [0.25, 0.3) is 5.78 Å². The number of Topliss-reactive ketones (excluding diaryl/α,β-unsaturated/α-hetero) is 1. The molecule has 1 fully saturated rings. The zero-order chi connectivity index (χ0) is 31.2. The Balaban J connectivity index is 1.35. The van der Waals surface area contributed by atoms with E-state index in [2.05, 4.69) is 4.98 Å². The van der Waals surface area contributed by atoms with Gasteiger partial charge in [-0.2, -0.15) is 0 Å². The molecule has 10 heteroatoms. The molecule has 2 atom stereocenters. The number of aliphatic hydroxyl groups is 1. The predicted octanol–water partition coefficient (Wildman–Crippen LogP) is 7.49. The van der Waals surface area contributed by atoms with Gasteiger partial charge in [-0.05, 0) is 72.1 Å². The van der Waals surface area contributed by atoms with E-state index < -0.39 is 17.7 Å². The molecule has 2 aliphatic heterocycles. The first-order chi connectivity index (χ1) is 21.8. The third-order valence-corrected chi connectivity index (χ3v) is 9.15. The van der Waals surface area contributed by atoms with Crippen molar-refractivity contribution in [1.29, 1.82) is 0 Å². The molecule has 2 aliphatic rings. The lowest BCUT2D eigenvalue weighted by atomic mass is 9.94. The zero-order valence-electron chi connectivity index (χ0n) is 24.3. The van der Waals surface area contributed by atoms with Gasteiger partial charge in [-0.3, -0.25) is 14.5 Å². The molecule has 5 aromatic rings. The summed E-state index contributed by atoms with van der Waals surface area (Å²) in [7, 11) is 1.52. The molecular formula is C35H27ClN2O6S. The molecule has 4 aromatic carbocycles. The highest BCUT2D eigenvalue weighted by molar-refractivity contribution is 7.22. The van der Waals surface area contributed by atoms with Crippen molar-refractivity contribution in [3.8, 4) is 17.2 Å². The minimum Gasteiger partial charge on any atom is -0.507 e. The number of ketones is 1. The fourth-order valence-electron chi connectivity index (χ4n) is 5.77. The summed E-state index contributed by atoms with van der Waals surface area (Å²) in [6.45, 7) is 2.29. The van der Waals surface area contributed by atoms with Gasteiger partial charge in [-0.25, -0.2) is 4.98 Å². The molecule has 45 heavy (non-hydrogen) atoms. The van der Waals surface area contributed by atoms with E-state index in [1.54, 1.807) is 54.6 Å². The number of hydrogen-bond acceptors (Lipinski definition) is 8. The van der Waals surface area contributed by atoms with Crippen LogP contribution in [0, 0.1) is 0 Å². The van der Waals surface area contributed by atoms with Crippen LogP contribution in [0.15, 0.2) is 90.5 Å². The number of benzene rings is 4. The van der Waals surface area contributed by atoms with Gasteiger partial charge >= 0.3 is 5.91 Å². The van der Waals surface area contributed by atoms with Crippen LogP contribution in [0.4, 0.5) is 5.13 Å². The molecule has 0 radical (unpaired) electrons. The van der Waals surface area contributed by atoms with Gasteiger partial charge in [-0.15, -0.1) is 0 Å². The molecule has 1 N–H and O–H groups in total. The topological polar surface area (TPSA) is 98.2 Å². The van der Waals surface area contributed by atoms with Gasteiger partial charge in [0.05, 0.1) is 28.9 Å². The number of rotatable bonds is 7. The summed E-state index contributed by atoms with van der Waals surface area (Å²) in [5.74, 6) is -0.259. The van der Waals surface area contributed by atoms with Crippen molar-refractivity contribution in [1.82, 2.24) is 4.98 Å². The Morgan fingerprint density at radius 2 is 1.87 bits per heavy atom. The Morgan fingerprint density at radius 3 is 2.67 bits per heavy atom. The number of aliphatic hydroxyl groups excluding tert-OH is 1. The van der Waals surface area contributed by atoms with Crippen molar-refractivity contribution in [3.05, 3.63) is 118 Å². The van der Waals surface area contributed by atoms with Crippen molar-refractivity contribution in [2.45, 2.75) is 32.1 Å². The Morgan fingerprint density at radius 1 is 1.04 bits per heavy atom. The Kier molecular flexibility index (Phi) is 7.43. The van der Waals surface area contributed by atoms with Crippen molar-refractivity contribution >= 4 is 55.7 Å². The van der Waals surface area contributed by atoms with E-state index in [0.29, 0.717) is 51.3 Å². The second-order valence-corrected chi connectivity index (χ2v) is 12.4. The summed E-state index contributed by atoms with van der Waals surface area (Å²) in [6, 6.07) is 24.5. The molecule has 0 aliphatic carbocycles. The summed E-state index contributed by atoms with van der Waals surface area (Å²) >= 11 is 7.47. The number of ether oxygens (including phenoxy) is 3. The molecule has 1 amide bonds. The van der Waals surface area contributed by atoms with Crippen LogP contribution in [0.2, 0.25) is 5.02 Å². The van der Waals surface area contributed by atoms with Crippen LogP contribution in [-0.4, -0.2) is 35.0 Å². The van der Waals surface area contributed by atoms with Gasteiger partial charge < -0.3 is 19.3 Å². The average molecular weight is 639 g/mol. The molecule has 0 spiro atoms. The van der Waals surface area contributed by atoms with Gasteiger partial charge in [-0.1, -0.05) is 59.3 Å². The van der Waals surface area contributed by atoms with Crippen LogP contribution in [0.25, 0.3) is 16.0 Å². The van der Waals surface area contributed by atoms with Crippen molar-refractivity contribution < 1.29 is 28.9 Å². The summed E-state index contributed by atoms with van der Waals surface area (Å²) in [6.07, 6.45) is 0.676. The minimum absolute atomic E-state index is 0.00519. The number of carbonyl (C=O) groups excluding carboxylic acids is 2. The number of halogens is 1. The first-order valence-electron chi connectivity index (χ1n) is 14.3. The third-order valence-electron chi connectivity index (χ3n) is 7.90. The van der Waals surface area contributed by atoms with E-state index in [9.17, 15) is 14.7 Å². The van der Waals surface area contributed by atoms with E-state index >= 15 is 0 Å². The van der Waals surface area contributed by atoms with Gasteiger partial charge in [0.1, 0.15) is 24.2 Å². The Hall–Kier alpha value is -4.86. The maximum absolute atomic E-state index is 13.8. The number of fused-ring (bicyclic) bond motifs is 2. The molecule has 226 valence electrons. The highest BCUT2D eigenvalue weighted by Gasteiger charge is 2.48. The average Bonchev–Trinajstić information content (AvgIpc) is 3.71. The van der Waals surface area contributed by atoms with E-state index in [0.717, 1.165) is 21.6 Å². The van der Waals surface area contributed by atoms with Gasteiger partial charge in [0.2, 0.25) is 0 Å². The fourth-order valence-corrected chi connectivity index (χ4v) is 7.04. The molecule has 8 nitrogen and oxygen atoms in total. The highest BCUT2D eigenvalue weighted by atomic mass is 35.5. The first kappa shape index (κ1) is 28.9. The molecule has 1 saturated heterocycles. The maximum Gasteiger partial charge on any atom is 0.301 e. The lowest BCUT2D eigenvalue weighted by Gasteiger charge is -2.24. The second kappa shape index (κ2) is 11.6. The third kappa shape index (κ3) is 5.28. The van der Waals surface area contributed by atoms with Crippen molar-refractivity contribution in [2.75, 3.05) is 12.0 Å². The number of hydrogen-bond donors (Lipinski definition) is 1. The quantitative estimate of drug-likeness (QED) is 0.112. The van der Waals surface area contributed by atoms with E-state index in [1.807, 2.05) is 37.3 Å². The van der Waals surface area contributed by atoms with E-state index in [1.165, 1.54) is 23.3 Å². The van der Waals surface area contributed by atoms with Gasteiger partial charge in [0.15, 0.2) is 16.6 Å². The monoisotopic (exact) mass is 638 g/mol. The Bertz CT molecular complexity index is 2010. The summed E-state index contributed by atoms with van der Waals surface area (Å²) < 4.78 is 18.3. The number of nitrogens with zero attached hydrogens (tertiary/aromatic N) is 2. The van der Waals surface area contributed by atoms with Crippen LogP contribution in [-0.2, 0) is 22.6 Å². The molecule has 3 heterocycles. The molecular weight excluding hydrogens is 612 g/mol. The molecule has 0 unspecified atom stereocenters. The number of amides is 1. The van der Waals surface area contributed by atoms with Crippen LogP contribution >= 0.6 is 22.9 Å². The maximum atomic E-state index is 13.8. The number of thiazole rings is 1. The molecule has 7 rings (SSSR count). The largest absolute Gasteiger partial charge is 0.507 e. The molecule has 0 bridgehead atoms. The number of anilines is 1. The van der Waals surface area contributed by atoms with Crippen LogP contribution in [0.5, 0.6) is 17.2 Å². The first-order valence-corrected chi connectivity index (χ1v) is 15.5. The lowest BCUT2D eigenvalue weighted by Crippen LogP contribution is -2.29. The zero-order valence-corrected chi connectivity index (χ0v) is 25.9. The SMILES string of the molecule is COc1cc([C@H]2/C(=C(\O)c3ccc4c(c3)C[C@@H](C)O4)C(=O)C(=O)N2c2nc3ccc(Cl)cc3s2)ccc1OCc1ccccc1. The van der Waals surface area contributed by atoms with Crippen LogP contribution in [0.1, 0.15) is 35.2 Å². The normalized spacial score (nSPS) is 18.7. The lowest BCUT2D eigenvalue weighted by molar-refractivity contribution is -0.132. The number of aromatic nitrogens is 1. The van der Waals surface area contributed by atoms with E-state index in [-0.39, 0.29) is 17.4 Å². The summed E-state index contributed by atoms with van der Waals surface area (Å²) in [5.41, 5.74) is 3.44. The minimum atomic E-state index is -0.999. The fraction of sp³-hybridized carbons (Fsp3) is 0.171. The molecule has 1 aromatic heterocycles. The second-order valence-electron chi connectivity index (χ2n) is 10.9. The standard InChI is InChI=1S/C35H27ClN2O6S/c1-19-14-23-15-22(9-12-26(23)44-19)32(39)30-31(21-8-13-27(28(16-21)42-2)43-18-20-6-4-3-5-7-20)38(34(41)33(30)40)35-37-25-11-10-24(36)17-29(25)45-35/h3-13,15-17,19,31,39H,14,18H2,1-2H3/b32-30+/t19-,31+/m1/s1. The van der Waals surface area contributed by atoms with Gasteiger partial charge in [0, 0.05) is 17.0 Å². The molecule has 0 saturated carbocycles. The van der Waals surface area contributed by atoms with Crippen molar-refractivity contribution in [2.24, 2.45) is 0 Å². The Labute approximate surface area is 268 Å². The summed E-state index contributed by atoms with van der Waals surface area (Å²) in [4.78, 5) is 33.6. The number of carbonyl (C=O) groups is 2. The van der Waals surface area contributed by atoms with E-state index in [4.69, 9.17) is 25.8 Å².